The van der Waals surface area contributed by atoms with Gasteiger partial charge < -0.3 is 4.74 Å². The van der Waals surface area contributed by atoms with E-state index in [1.165, 1.54) is 7.11 Å². The lowest BCUT2D eigenvalue weighted by Crippen LogP contribution is -1.97. The van der Waals surface area contributed by atoms with Gasteiger partial charge in [-0.3, -0.25) is 0 Å². The number of hydrogen-bond donors (Lipinski definition) is 0. The van der Waals surface area contributed by atoms with E-state index in [0.717, 1.165) is 6.20 Å². The maximum absolute atomic E-state index is 12.4. The molecule has 13 heavy (non-hydrogen) atoms. The van der Waals surface area contributed by atoms with Gasteiger partial charge in [0.25, 0.3) is 6.43 Å². The highest BCUT2D eigenvalue weighted by molar-refractivity contribution is 14.1. The van der Waals surface area contributed by atoms with E-state index in [0.29, 0.717) is 8.17 Å². The van der Waals surface area contributed by atoms with E-state index in [1.54, 1.807) is 0 Å². The fourth-order valence-electron chi connectivity index (χ4n) is 0.825. The van der Waals surface area contributed by atoms with Crippen LogP contribution in [0.4, 0.5) is 8.78 Å². The number of ether oxygens (including phenoxy) is 1. The molecule has 1 heterocycles. The monoisotopic (exact) mass is 363 g/mol. The third-order valence-electron chi connectivity index (χ3n) is 1.40. The average Bonchev–Trinajstić information content (AvgIpc) is 2.09. The van der Waals surface area contributed by atoms with Gasteiger partial charge in [0.1, 0.15) is 10.4 Å². The first-order valence-electron chi connectivity index (χ1n) is 3.24. The summed E-state index contributed by atoms with van der Waals surface area (Å²) in [6, 6.07) is 0. The number of nitrogens with zero attached hydrogens (tertiary/aromatic N) is 1. The van der Waals surface area contributed by atoms with Crippen molar-refractivity contribution < 1.29 is 13.5 Å². The minimum atomic E-state index is -2.57. The second kappa shape index (κ2) is 4.50. The average molecular weight is 364 g/mol. The highest BCUT2D eigenvalue weighted by Crippen LogP contribution is 2.35. The van der Waals surface area contributed by atoms with Gasteiger partial charge in [-0.2, -0.15) is 0 Å². The summed E-state index contributed by atoms with van der Waals surface area (Å²) < 4.78 is 30.7. The van der Waals surface area contributed by atoms with E-state index < -0.39 is 6.43 Å². The lowest BCUT2D eigenvalue weighted by atomic mass is 10.3. The van der Waals surface area contributed by atoms with E-state index in [2.05, 4.69) is 20.9 Å². The molecule has 1 aromatic rings. The molecule has 0 atom stereocenters. The van der Waals surface area contributed by atoms with Crippen LogP contribution in [0.15, 0.2) is 10.8 Å². The molecule has 2 nitrogen and oxygen atoms in total. The van der Waals surface area contributed by atoms with Crippen molar-refractivity contribution >= 4 is 38.5 Å². The second-order valence-electron chi connectivity index (χ2n) is 2.15. The summed E-state index contributed by atoms with van der Waals surface area (Å²) in [7, 11) is 1.36. The van der Waals surface area contributed by atoms with Gasteiger partial charge in [-0.15, -0.1) is 0 Å². The van der Waals surface area contributed by atoms with Crippen molar-refractivity contribution in [1.82, 2.24) is 4.98 Å². The van der Waals surface area contributed by atoms with Crippen LogP contribution >= 0.6 is 38.5 Å². The van der Waals surface area contributed by atoms with E-state index in [-0.39, 0.29) is 11.3 Å². The predicted octanol–water partition coefficient (Wildman–Crippen LogP) is 3.39. The van der Waals surface area contributed by atoms with Crippen LogP contribution in [0.2, 0.25) is 0 Å². The summed E-state index contributed by atoms with van der Waals surface area (Å²) in [6.07, 6.45) is -1.46. The standard InChI is InChI=1S/C7H5BrF2INO/c1-13-5-3(7(9)10)2-12-6(8)4(5)11/h2,7H,1H3. The lowest BCUT2D eigenvalue weighted by molar-refractivity contribution is 0.146. The van der Waals surface area contributed by atoms with E-state index in [4.69, 9.17) is 4.74 Å². The Morgan fingerprint density at radius 1 is 1.62 bits per heavy atom. The first-order chi connectivity index (χ1) is 6.07. The smallest absolute Gasteiger partial charge is 0.268 e. The van der Waals surface area contributed by atoms with Crippen molar-refractivity contribution in [3.8, 4) is 5.75 Å². The Hall–Kier alpha value is 0.0200. The van der Waals surface area contributed by atoms with Crippen LogP contribution in [-0.4, -0.2) is 12.1 Å². The maximum Gasteiger partial charge on any atom is 0.268 e. The Bertz CT molecular complexity index is 322. The molecule has 0 saturated heterocycles. The van der Waals surface area contributed by atoms with Gasteiger partial charge in [-0.05, 0) is 38.5 Å². The summed E-state index contributed by atoms with van der Waals surface area (Å²) >= 11 is 5.02. The molecule has 0 aromatic carbocycles. The van der Waals surface area contributed by atoms with E-state index in [1.807, 2.05) is 22.6 Å². The van der Waals surface area contributed by atoms with E-state index >= 15 is 0 Å². The molecule has 6 heteroatoms. The molecule has 0 spiro atoms. The lowest BCUT2D eigenvalue weighted by Gasteiger charge is -2.09. The van der Waals surface area contributed by atoms with Gasteiger partial charge >= 0.3 is 0 Å². The molecule has 0 radical (unpaired) electrons. The number of halogens is 4. The molecule has 0 saturated carbocycles. The topological polar surface area (TPSA) is 22.1 Å². The van der Waals surface area contributed by atoms with Crippen molar-refractivity contribution in [2.75, 3.05) is 7.11 Å². The molecular weight excluding hydrogens is 359 g/mol. The van der Waals surface area contributed by atoms with Crippen LogP contribution in [0.5, 0.6) is 5.75 Å². The van der Waals surface area contributed by atoms with Gasteiger partial charge in [0.05, 0.1) is 16.2 Å². The zero-order valence-electron chi connectivity index (χ0n) is 6.52. The molecule has 0 N–H and O–H groups in total. The summed E-state index contributed by atoms with van der Waals surface area (Å²) in [5, 5.41) is 0. The molecule has 1 aromatic heterocycles. The van der Waals surface area contributed by atoms with Gasteiger partial charge in [-0.1, -0.05) is 0 Å². The van der Waals surface area contributed by atoms with Crippen LogP contribution in [-0.2, 0) is 0 Å². The molecule has 0 aliphatic carbocycles. The minimum Gasteiger partial charge on any atom is -0.495 e. The zero-order valence-corrected chi connectivity index (χ0v) is 10.3. The van der Waals surface area contributed by atoms with Crippen molar-refractivity contribution in [1.29, 1.82) is 0 Å². The third kappa shape index (κ3) is 2.28. The molecule has 0 unspecified atom stereocenters. The maximum atomic E-state index is 12.4. The molecular formula is C7H5BrF2INO. The van der Waals surface area contributed by atoms with Gasteiger partial charge in [0.2, 0.25) is 0 Å². The molecule has 0 fully saturated rings. The Kier molecular flexibility index (Phi) is 3.84. The highest BCUT2D eigenvalue weighted by Gasteiger charge is 2.18. The molecule has 1 rings (SSSR count). The number of pyridine rings is 1. The Morgan fingerprint density at radius 3 is 2.69 bits per heavy atom. The van der Waals surface area contributed by atoms with E-state index in [9.17, 15) is 8.78 Å². The first kappa shape index (κ1) is 11.1. The highest BCUT2D eigenvalue weighted by atomic mass is 127. The minimum absolute atomic E-state index is 0.178. The number of rotatable bonds is 2. The van der Waals surface area contributed by atoms with Crippen molar-refractivity contribution in [3.05, 3.63) is 19.9 Å². The fraction of sp³-hybridized carbons (Fsp3) is 0.286. The normalized spacial score (nSPS) is 10.6. The van der Waals surface area contributed by atoms with Crippen LogP contribution in [0, 0.1) is 3.57 Å². The molecule has 0 aliphatic heterocycles. The molecule has 0 aliphatic rings. The number of alkyl halides is 2. The Balaban J connectivity index is 3.30. The van der Waals surface area contributed by atoms with Crippen molar-refractivity contribution in [2.24, 2.45) is 0 Å². The number of aromatic nitrogens is 1. The zero-order chi connectivity index (χ0) is 10.0. The SMILES string of the molecule is COc1c(C(F)F)cnc(Br)c1I. The predicted molar refractivity (Wildman–Crippen MR) is 56.2 cm³/mol. The molecule has 0 bridgehead atoms. The fourth-order valence-corrected chi connectivity index (χ4v) is 1.78. The number of methoxy groups -OCH3 is 1. The van der Waals surface area contributed by atoms with Gasteiger partial charge in [0.15, 0.2) is 0 Å². The van der Waals surface area contributed by atoms with Crippen LogP contribution < -0.4 is 4.74 Å². The summed E-state index contributed by atoms with van der Waals surface area (Å²) in [6.45, 7) is 0. The Morgan fingerprint density at radius 2 is 2.23 bits per heavy atom. The van der Waals surface area contributed by atoms with Gasteiger partial charge in [0, 0.05) is 6.20 Å². The quantitative estimate of drug-likeness (QED) is 0.593. The summed E-state index contributed by atoms with van der Waals surface area (Å²) in [5.74, 6) is 0.178. The van der Waals surface area contributed by atoms with Gasteiger partial charge in [-0.25, -0.2) is 13.8 Å². The largest absolute Gasteiger partial charge is 0.495 e. The summed E-state index contributed by atoms with van der Waals surface area (Å²) in [4.78, 5) is 3.76. The van der Waals surface area contributed by atoms with Crippen molar-refractivity contribution in [2.45, 2.75) is 6.43 Å². The van der Waals surface area contributed by atoms with Crippen LogP contribution in [0.25, 0.3) is 0 Å². The first-order valence-corrected chi connectivity index (χ1v) is 5.11. The second-order valence-corrected chi connectivity index (χ2v) is 3.98. The van der Waals surface area contributed by atoms with Crippen LogP contribution in [0.3, 0.4) is 0 Å². The summed E-state index contributed by atoms with van der Waals surface area (Å²) in [5.41, 5.74) is -0.185. The molecule has 72 valence electrons. The third-order valence-corrected chi connectivity index (χ3v) is 3.74. The van der Waals surface area contributed by atoms with Crippen molar-refractivity contribution in [3.63, 3.8) is 0 Å². The number of hydrogen-bond acceptors (Lipinski definition) is 2. The Labute approximate surface area is 96.0 Å². The van der Waals surface area contributed by atoms with Crippen LogP contribution in [0.1, 0.15) is 12.0 Å². The molecule has 0 amide bonds.